The van der Waals surface area contributed by atoms with Gasteiger partial charge in [-0.05, 0) is 18.6 Å². The van der Waals surface area contributed by atoms with Crippen molar-refractivity contribution in [2.45, 2.75) is 25.5 Å². The molecule has 2 atom stereocenters. The topological polar surface area (TPSA) is 57.8 Å². The maximum absolute atomic E-state index is 8.14. The molecular formula is C11H18N3OPS. The van der Waals surface area contributed by atoms with E-state index >= 15 is 0 Å². The molecule has 1 rings (SSSR count). The highest BCUT2D eigenvalue weighted by Gasteiger charge is 2.19. The molecule has 6 heteroatoms. The molecule has 0 aliphatic rings. The average Bonchev–Trinajstić information content (AvgIpc) is 2.37. The molecular weight excluding hydrogens is 253 g/mol. The zero-order valence-corrected chi connectivity index (χ0v) is 12.0. The van der Waals surface area contributed by atoms with Gasteiger partial charge in [0, 0.05) is 12.4 Å². The summed E-state index contributed by atoms with van der Waals surface area (Å²) in [4.78, 5) is 4.08. The van der Waals surface area contributed by atoms with Crippen LogP contribution in [0.3, 0.4) is 0 Å². The van der Waals surface area contributed by atoms with E-state index in [9.17, 15) is 0 Å². The van der Waals surface area contributed by atoms with Crippen LogP contribution in [-0.4, -0.2) is 12.4 Å². The first-order valence-electron chi connectivity index (χ1n) is 5.46. The van der Waals surface area contributed by atoms with Gasteiger partial charge in [-0.2, -0.15) is 0 Å². The monoisotopic (exact) mass is 271 g/mol. The Kier molecular flexibility index (Phi) is 5.89. The molecule has 0 spiro atoms. The van der Waals surface area contributed by atoms with Crippen LogP contribution in [0, 0.1) is 5.16 Å². The van der Waals surface area contributed by atoms with Gasteiger partial charge in [-0.15, -0.1) is 10.00 Å². The third-order valence-electron chi connectivity index (χ3n) is 2.18. The van der Waals surface area contributed by atoms with E-state index in [4.69, 9.17) is 9.69 Å². The normalized spacial score (nSPS) is 16.9. The lowest BCUT2D eigenvalue weighted by atomic mass is 10.3. The summed E-state index contributed by atoms with van der Waals surface area (Å²) in [5.74, 6) is 0. The summed E-state index contributed by atoms with van der Waals surface area (Å²) in [7, 11) is 1.53. The second-order valence-corrected chi connectivity index (χ2v) is 8.27. The quantitative estimate of drug-likeness (QED) is 0.550. The number of rotatable bonds is 6. The number of nitrogens with zero attached hydrogens (tertiary/aromatic N) is 2. The number of hydrogen-bond donors (Lipinski definition) is 1. The SMILES string of the molecule is CCC(C)SP(=N)(N=Nc1ccccc1)OC. The van der Waals surface area contributed by atoms with Gasteiger partial charge in [0.05, 0.1) is 5.69 Å². The third kappa shape index (κ3) is 5.02. The third-order valence-corrected chi connectivity index (χ3v) is 6.58. The zero-order chi connectivity index (χ0) is 12.7. The Morgan fingerprint density at radius 3 is 2.59 bits per heavy atom. The maximum Gasteiger partial charge on any atom is 0.272 e. The Labute approximate surface area is 107 Å². The second-order valence-electron chi connectivity index (χ2n) is 3.55. The van der Waals surface area contributed by atoms with Gasteiger partial charge in [-0.1, -0.05) is 43.4 Å². The van der Waals surface area contributed by atoms with E-state index in [2.05, 4.69) is 23.8 Å². The van der Waals surface area contributed by atoms with Gasteiger partial charge in [0.25, 0.3) is 6.63 Å². The van der Waals surface area contributed by atoms with Crippen molar-refractivity contribution in [3.8, 4) is 0 Å². The fourth-order valence-corrected chi connectivity index (χ4v) is 4.49. The highest BCUT2D eigenvalue weighted by molar-refractivity contribution is 8.56. The highest BCUT2D eigenvalue weighted by Crippen LogP contribution is 2.63. The first kappa shape index (κ1) is 14.4. The molecule has 2 unspecified atom stereocenters. The minimum absolute atomic E-state index is 0.357. The number of nitrogens with one attached hydrogen (secondary N) is 1. The molecule has 0 amide bonds. The van der Waals surface area contributed by atoms with Crippen molar-refractivity contribution in [3.63, 3.8) is 0 Å². The van der Waals surface area contributed by atoms with Crippen molar-refractivity contribution in [1.29, 1.82) is 5.16 Å². The van der Waals surface area contributed by atoms with E-state index in [-0.39, 0.29) is 0 Å². The van der Waals surface area contributed by atoms with Gasteiger partial charge in [0.1, 0.15) is 0 Å². The van der Waals surface area contributed by atoms with Gasteiger partial charge in [-0.3, -0.25) is 5.16 Å². The van der Waals surface area contributed by atoms with E-state index in [1.165, 1.54) is 18.5 Å². The number of benzene rings is 1. The summed E-state index contributed by atoms with van der Waals surface area (Å²) < 4.78 is 5.21. The lowest BCUT2D eigenvalue weighted by Gasteiger charge is -2.16. The van der Waals surface area contributed by atoms with Crippen molar-refractivity contribution in [3.05, 3.63) is 30.3 Å². The second kappa shape index (κ2) is 6.94. The fourth-order valence-electron chi connectivity index (χ4n) is 1.02. The molecule has 0 fully saturated rings. The Morgan fingerprint density at radius 1 is 1.41 bits per heavy atom. The highest BCUT2D eigenvalue weighted by atomic mass is 32.7. The molecule has 1 aromatic carbocycles. The molecule has 4 nitrogen and oxygen atoms in total. The Balaban J connectivity index is 2.75. The lowest BCUT2D eigenvalue weighted by molar-refractivity contribution is 0.461. The first-order valence-corrected chi connectivity index (χ1v) is 8.60. The van der Waals surface area contributed by atoms with Crippen molar-refractivity contribution < 1.29 is 4.52 Å². The van der Waals surface area contributed by atoms with Gasteiger partial charge in [-0.25, -0.2) is 0 Å². The van der Waals surface area contributed by atoms with Gasteiger partial charge in [0.2, 0.25) is 0 Å². The van der Waals surface area contributed by atoms with E-state index in [1.54, 1.807) is 0 Å². The van der Waals surface area contributed by atoms with Crippen molar-refractivity contribution in [2.75, 3.05) is 7.11 Å². The molecule has 0 aliphatic heterocycles. The Hall–Kier alpha value is -0.640. The number of hydrogen-bond acceptors (Lipinski definition) is 4. The fraction of sp³-hybridized carbons (Fsp3) is 0.455. The van der Waals surface area contributed by atoms with Crippen LogP contribution < -0.4 is 0 Å². The van der Waals surface area contributed by atoms with Gasteiger partial charge in [0.15, 0.2) is 0 Å². The molecule has 0 radical (unpaired) electrons. The summed E-state index contributed by atoms with van der Waals surface area (Å²) in [6.07, 6.45) is 0.996. The zero-order valence-electron chi connectivity index (χ0n) is 10.3. The molecule has 0 bridgehead atoms. The van der Waals surface area contributed by atoms with Crippen LogP contribution in [0.2, 0.25) is 0 Å². The molecule has 0 aromatic heterocycles. The molecule has 17 heavy (non-hydrogen) atoms. The van der Waals surface area contributed by atoms with E-state index < -0.39 is 6.63 Å². The summed E-state index contributed by atoms with van der Waals surface area (Å²) in [5.41, 5.74) is 0.755. The largest absolute Gasteiger partial charge is 0.322 e. The summed E-state index contributed by atoms with van der Waals surface area (Å²) in [6.45, 7) is 1.60. The van der Waals surface area contributed by atoms with E-state index in [1.807, 2.05) is 30.3 Å². The van der Waals surface area contributed by atoms with Gasteiger partial charge < -0.3 is 4.52 Å². The summed E-state index contributed by atoms with van der Waals surface area (Å²) >= 11 is 1.46. The average molecular weight is 271 g/mol. The molecule has 1 aromatic rings. The summed E-state index contributed by atoms with van der Waals surface area (Å²) in [6, 6.07) is 9.43. The first-order chi connectivity index (χ1) is 8.09. The van der Waals surface area contributed by atoms with Crippen LogP contribution in [0.15, 0.2) is 40.3 Å². The molecule has 0 saturated carbocycles. The van der Waals surface area contributed by atoms with E-state index in [0.717, 1.165) is 12.1 Å². The van der Waals surface area contributed by atoms with Crippen LogP contribution in [0.5, 0.6) is 0 Å². The Bertz CT molecular complexity index is 410. The van der Waals surface area contributed by atoms with Crippen molar-refractivity contribution in [1.82, 2.24) is 0 Å². The van der Waals surface area contributed by atoms with Gasteiger partial charge >= 0.3 is 0 Å². The maximum atomic E-state index is 8.14. The lowest BCUT2D eigenvalue weighted by Crippen LogP contribution is -1.91. The smallest absolute Gasteiger partial charge is 0.272 e. The van der Waals surface area contributed by atoms with Crippen LogP contribution in [0.25, 0.3) is 0 Å². The predicted molar refractivity (Wildman–Crippen MR) is 75.0 cm³/mol. The molecule has 0 heterocycles. The molecule has 94 valence electrons. The van der Waals surface area contributed by atoms with Crippen LogP contribution in [0.4, 0.5) is 5.69 Å². The Morgan fingerprint density at radius 2 is 2.06 bits per heavy atom. The minimum atomic E-state index is -2.56. The molecule has 1 N–H and O–H groups in total. The molecule has 0 saturated heterocycles. The van der Waals surface area contributed by atoms with Crippen LogP contribution in [-0.2, 0) is 4.52 Å². The molecule has 0 aliphatic carbocycles. The minimum Gasteiger partial charge on any atom is -0.322 e. The van der Waals surface area contributed by atoms with Crippen LogP contribution >= 0.6 is 18.0 Å². The van der Waals surface area contributed by atoms with Crippen LogP contribution in [0.1, 0.15) is 20.3 Å². The summed E-state index contributed by atoms with van der Waals surface area (Å²) in [5, 5.41) is 12.6. The van der Waals surface area contributed by atoms with Crippen molar-refractivity contribution >= 4 is 23.7 Å². The van der Waals surface area contributed by atoms with E-state index in [0.29, 0.717) is 5.25 Å². The van der Waals surface area contributed by atoms with Crippen molar-refractivity contribution in [2.24, 2.45) is 10.00 Å². The standard InChI is InChI=1S/C11H18N3OPS/c1-4-10(2)17-16(12,15-3)14-13-11-8-6-5-7-9-11/h5-10,12H,4H2,1-3H3. The predicted octanol–water partition coefficient (Wildman–Crippen LogP) is 5.47.